The first-order valence-corrected chi connectivity index (χ1v) is 7.14. The van der Waals surface area contributed by atoms with Crippen LogP contribution in [0.1, 0.15) is 15.9 Å². The smallest absolute Gasteiger partial charge is 0.339 e. The zero-order valence-electron chi connectivity index (χ0n) is 9.73. The van der Waals surface area contributed by atoms with E-state index in [0.717, 1.165) is 5.56 Å². The second-order valence-electron chi connectivity index (χ2n) is 3.80. The van der Waals surface area contributed by atoms with E-state index in [-0.39, 0.29) is 21.4 Å². The minimum absolute atomic E-state index is 0.0252. The summed E-state index contributed by atoms with van der Waals surface area (Å²) in [6.07, 6.45) is 0.696. The molecular weight excluding hydrogens is 307 g/mol. The third-order valence-electron chi connectivity index (χ3n) is 2.46. The fourth-order valence-corrected chi connectivity index (χ4v) is 2.82. The number of carbonyl (C=O) groups is 1. The first-order chi connectivity index (χ1) is 9.08. The molecule has 3 nitrogen and oxygen atoms in total. The summed E-state index contributed by atoms with van der Waals surface area (Å²) in [6.45, 7) is 0.359. The van der Waals surface area contributed by atoms with Crippen LogP contribution in [-0.2, 0) is 6.42 Å². The number of benzene rings is 1. The Labute approximate surface area is 124 Å². The van der Waals surface area contributed by atoms with Gasteiger partial charge in [0.25, 0.3) is 0 Å². The summed E-state index contributed by atoms with van der Waals surface area (Å²) in [5.74, 6) is -0.955. The van der Waals surface area contributed by atoms with Crippen molar-refractivity contribution < 1.29 is 14.6 Å². The molecular formula is C13H10Cl2O3S. The van der Waals surface area contributed by atoms with Crippen LogP contribution in [0.25, 0.3) is 0 Å². The summed E-state index contributed by atoms with van der Waals surface area (Å²) >= 11 is 13.4. The van der Waals surface area contributed by atoms with Gasteiger partial charge in [0, 0.05) is 11.4 Å². The van der Waals surface area contributed by atoms with Crippen LogP contribution < -0.4 is 4.74 Å². The van der Waals surface area contributed by atoms with Gasteiger partial charge in [-0.15, -0.1) is 0 Å². The number of hydrogen-bond acceptors (Lipinski definition) is 3. The van der Waals surface area contributed by atoms with Gasteiger partial charge in [-0.1, -0.05) is 23.2 Å². The number of halogens is 2. The van der Waals surface area contributed by atoms with E-state index in [1.165, 1.54) is 12.1 Å². The first kappa shape index (κ1) is 14.2. The van der Waals surface area contributed by atoms with Gasteiger partial charge in [0.2, 0.25) is 0 Å². The van der Waals surface area contributed by atoms with E-state index < -0.39 is 5.97 Å². The lowest BCUT2D eigenvalue weighted by Crippen LogP contribution is -2.06. The lowest BCUT2D eigenvalue weighted by molar-refractivity contribution is 0.0692. The second-order valence-corrected chi connectivity index (χ2v) is 5.42. The molecule has 1 aromatic carbocycles. The van der Waals surface area contributed by atoms with Gasteiger partial charge in [0.1, 0.15) is 5.56 Å². The third kappa shape index (κ3) is 3.62. The standard InChI is InChI=1S/C13H10Cl2O3S/c14-9-5-10(13(16)17)12(11(15)6-9)18-3-1-8-2-4-19-7-8/h2,4-7H,1,3H2,(H,16,17). The summed E-state index contributed by atoms with van der Waals surface area (Å²) < 4.78 is 5.49. The maximum atomic E-state index is 11.1. The van der Waals surface area contributed by atoms with Crippen LogP contribution in [0, 0.1) is 0 Å². The van der Waals surface area contributed by atoms with Gasteiger partial charge in [-0.3, -0.25) is 0 Å². The van der Waals surface area contributed by atoms with Gasteiger partial charge in [0.05, 0.1) is 11.6 Å². The highest BCUT2D eigenvalue weighted by atomic mass is 35.5. The van der Waals surface area contributed by atoms with Crippen LogP contribution in [0.5, 0.6) is 5.75 Å². The number of carboxylic acids is 1. The molecule has 1 aromatic heterocycles. The highest BCUT2D eigenvalue weighted by Gasteiger charge is 2.16. The number of ether oxygens (including phenoxy) is 1. The summed E-state index contributed by atoms with van der Waals surface area (Å²) in [6, 6.07) is 4.79. The van der Waals surface area contributed by atoms with Crippen LogP contribution in [-0.4, -0.2) is 17.7 Å². The normalized spacial score (nSPS) is 10.4. The van der Waals surface area contributed by atoms with Crippen LogP contribution >= 0.6 is 34.5 Å². The molecule has 1 N–H and O–H groups in total. The van der Waals surface area contributed by atoms with Crippen LogP contribution in [0.3, 0.4) is 0 Å². The van der Waals surface area contributed by atoms with Crippen molar-refractivity contribution in [1.29, 1.82) is 0 Å². The summed E-state index contributed by atoms with van der Waals surface area (Å²) in [7, 11) is 0. The Bertz CT molecular complexity index is 582. The van der Waals surface area contributed by atoms with E-state index in [0.29, 0.717) is 13.0 Å². The summed E-state index contributed by atoms with van der Waals surface area (Å²) in [5, 5.41) is 13.6. The SMILES string of the molecule is O=C(O)c1cc(Cl)cc(Cl)c1OCCc1ccsc1. The molecule has 0 radical (unpaired) electrons. The second kappa shape index (κ2) is 6.28. The van der Waals surface area contributed by atoms with E-state index in [4.69, 9.17) is 33.0 Å². The van der Waals surface area contributed by atoms with Gasteiger partial charge in [-0.05, 0) is 34.5 Å². The zero-order valence-corrected chi connectivity index (χ0v) is 12.1. The Morgan fingerprint density at radius 1 is 1.37 bits per heavy atom. The monoisotopic (exact) mass is 316 g/mol. The molecule has 2 aromatic rings. The molecule has 0 unspecified atom stereocenters. The van der Waals surface area contributed by atoms with Crippen molar-refractivity contribution in [1.82, 2.24) is 0 Å². The molecule has 0 saturated carbocycles. The third-order valence-corrected chi connectivity index (χ3v) is 3.69. The van der Waals surface area contributed by atoms with Crippen molar-refractivity contribution in [2.45, 2.75) is 6.42 Å². The van der Waals surface area contributed by atoms with Crippen molar-refractivity contribution in [3.8, 4) is 5.75 Å². The lowest BCUT2D eigenvalue weighted by Gasteiger charge is -2.11. The predicted molar refractivity (Wildman–Crippen MR) is 76.9 cm³/mol. The highest BCUT2D eigenvalue weighted by Crippen LogP contribution is 2.32. The van der Waals surface area contributed by atoms with Crippen LogP contribution in [0.15, 0.2) is 29.0 Å². The van der Waals surface area contributed by atoms with Crippen LogP contribution in [0.2, 0.25) is 10.0 Å². The van der Waals surface area contributed by atoms with Gasteiger partial charge < -0.3 is 9.84 Å². The fraction of sp³-hybridized carbons (Fsp3) is 0.154. The van der Waals surface area contributed by atoms with Gasteiger partial charge in [-0.2, -0.15) is 11.3 Å². The Morgan fingerprint density at radius 3 is 2.79 bits per heavy atom. The van der Waals surface area contributed by atoms with Crippen molar-refractivity contribution in [3.63, 3.8) is 0 Å². The first-order valence-electron chi connectivity index (χ1n) is 5.44. The highest BCUT2D eigenvalue weighted by molar-refractivity contribution is 7.07. The largest absolute Gasteiger partial charge is 0.491 e. The Hall–Kier alpha value is -1.23. The van der Waals surface area contributed by atoms with E-state index in [2.05, 4.69) is 0 Å². The van der Waals surface area contributed by atoms with Crippen molar-refractivity contribution >= 4 is 40.5 Å². The topological polar surface area (TPSA) is 46.5 Å². The summed E-state index contributed by atoms with van der Waals surface area (Å²) in [4.78, 5) is 11.1. The quantitative estimate of drug-likeness (QED) is 0.890. The van der Waals surface area contributed by atoms with E-state index in [1.54, 1.807) is 11.3 Å². The van der Waals surface area contributed by atoms with Gasteiger partial charge in [0.15, 0.2) is 5.75 Å². The van der Waals surface area contributed by atoms with Crippen molar-refractivity contribution in [3.05, 3.63) is 50.1 Å². The Balaban J connectivity index is 2.12. The van der Waals surface area contributed by atoms with Crippen molar-refractivity contribution in [2.75, 3.05) is 6.61 Å². The van der Waals surface area contributed by atoms with Crippen molar-refractivity contribution in [2.24, 2.45) is 0 Å². The molecule has 0 bridgehead atoms. The summed E-state index contributed by atoms with van der Waals surface area (Å²) in [5.41, 5.74) is 1.12. The average molecular weight is 317 g/mol. The molecule has 1 heterocycles. The molecule has 0 aliphatic rings. The molecule has 6 heteroatoms. The zero-order chi connectivity index (χ0) is 13.8. The minimum atomic E-state index is -1.12. The minimum Gasteiger partial charge on any atom is -0.491 e. The molecule has 0 fully saturated rings. The maximum Gasteiger partial charge on any atom is 0.339 e. The molecule has 0 amide bonds. The number of thiophene rings is 1. The van der Waals surface area contributed by atoms with E-state index >= 15 is 0 Å². The molecule has 2 rings (SSSR count). The predicted octanol–water partition coefficient (Wildman–Crippen LogP) is 4.37. The van der Waals surface area contributed by atoms with E-state index in [9.17, 15) is 4.79 Å². The average Bonchev–Trinajstić information content (AvgIpc) is 2.84. The molecule has 0 saturated heterocycles. The van der Waals surface area contributed by atoms with E-state index in [1.807, 2.05) is 16.8 Å². The molecule has 0 spiro atoms. The molecule has 0 aliphatic carbocycles. The number of hydrogen-bond donors (Lipinski definition) is 1. The maximum absolute atomic E-state index is 11.1. The Morgan fingerprint density at radius 2 is 2.16 bits per heavy atom. The fourth-order valence-electron chi connectivity index (χ4n) is 1.57. The van der Waals surface area contributed by atoms with Crippen LogP contribution in [0.4, 0.5) is 0 Å². The molecule has 19 heavy (non-hydrogen) atoms. The van der Waals surface area contributed by atoms with Gasteiger partial charge >= 0.3 is 5.97 Å². The molecule has 0 aliphatic heterocycles. The lowest BCUT2D eigenvalue weighted by atomic mass is 10.2. The van der Waals surface area contributed by atoms with Gasteiger partial charge in [-0.25, -0.2) is 4.79 Å². The Kier molecular flexibility index (Phi) is 4.69. The molecule has 100 valence electrons. The number of carboxylic acid groups (broad SMARTS) is 1. The number of aromatic carboxylic acids is 1. The number of rotatable bonds is 5. The molecule has 0 atom stereocenters.